The summed E-state index contributed by atoms with van der Waals surface area (Å²) in [5, 5.41) is 0. The Morgan fingerprint density at radius 3 is 2.68 bits per heavy atom. The second-order valence-corrected chi connectivity index (χ2v) is 9.89. The maximum atomic E-state index is 11.9. The summed E-state index contributed by atoms with van der Waals surface area (Å²) in [6, 6.07) is 0. The van der Waals surface area contributed by atoms with E-state index in [4.69, 9.17) is 8.74 Å². The molecule has 5 nitrogen and oxygen atoms in total. The van der Waals surface area contributed by atoms with Gasteiger partial charge in [0, 0.05) is 7.79 Å². The molecular weight excluding hydrogens is 340 g/mol. The van der Waals surface area contributed by atoms with Crippen LogP contribution in [0.3, 0.4) is 0 Å². The minimum absolute atomic E-state index is 0.173. The van der Waals surface area contributed by atoms with Gasteiger partial charge in [0.1, 0.15) is 0 Å². The van der Waals surface area contributed by atoms with Crippen LogP contribution in [0.4, 0.5) is 0 Å². The van der Waals surface area contributed by atoms with E-state index in [1.165, 1.54) is 0 Å². The normalized spacial score (nSPS) is 50.4. The molecule has 0 aliphatic heterocycles. The van der Waals surface area contributed by atoms with Crippen molar-refractivity contribution in [2.75, 3.05) is 0 Å². The minimum atomic E-state index is -4.47. The van der Waals surface area contributed by atoms with E-state index in [-0.39, 0.29) is 28.4 Å². The molecule has 140 valence electrons. The lowest BCUT2D eigenvalue weighted by Gasteiger charge is -2.57. The van der Waals surface area contributed by atoms with E-state index in [0.717, 1.165) is 31.3 Å². The number of hydrogen-bond donors (Lipinski definition) is 1. The topological polar surface area (TPSA) is 80.7 Å². The summed E-state index contributed by atoms with van der Waals surface area (Å²) in [4.78, 5) is 11.9. The first-order valence-electron chi connectivity index (χ1n) is 9.89. The van der Waals surface area contributed by atoms with Crippen molar-refractivity contribution < 1.29 is 23.3 Å². The van der Waals surface area contributed by atoms with Gasteiger partial charge in [0.25, 0.3) is 0 Å². The highest BCUT2D eigenvalue weighted by Gasteiger charge is 2.59. The molecule has 0 aromatic carbocycles. The number of carbonyl (C=O) groups is 1. The van der Waals surface area contributed by atoms with Crippen LogP contribution >= 0.6 is 0 Å². The lowest BCUT2D eigenvalue weighted by molar-refractivity contribution is -0.117. The zero-order chi connectivity index (χ0) is 19.0. The SMILES string of the molecule is [2H][C@]12CC[C@]3(C)[C@@H](OS(=O)(=O)O)CC[C@H]3[C@@H]1CCC1=CC(=O)CC[C@@]12C. The van der Waals surface area contributed by atoms with Gasteiger partial charge in [-0.3, -0.25) is 9.35 Å². The van der Waals surface area contributed by atoms with Crippen molar-refractivity contribution in [3.63, 3.8) is 0 Å². The molecule has 4 aliphatic rings. The summed E-state index contributed by atoms with van der Waals surface area (Å²) in [5.41, 5.74) is 0.549. The molecule has 0 radical (unpaired) electrons. The van der Waals surface area contributed by atoms with E-state index in [2.05, 4.69) is 13.8 Å². The molecule has 0 unspecified atom stereocenters. The zero-order valence-electron chi connectivity index (χ0n) is 16.0. The molecule has 1 N–H and O–H groups in total. The third-order valence-corrected chi connectivity index (χ3v) is 8.25. The molecule has 0 aromatic heterocycles. The number of fused-ring (bicyclic) bond motifs is 5. The molecule has 4 rings (SSSR count). The summed E-state index contributed by atoms with van der Waals surface area (Å²) >= 11 is 0. The molecular formula is C19H28O5S. The molecule has 0 saturated heterocycles. The standard InChI is InChI=1S/C19H28O5S/c1-18-9-7-13(20)11-12(18)3-4-14-15-5-6-17(24-25(21,22)23)19(15,2)10-8-16(14)18/h11,14-17H,3-10H2,1-2H3,(H,21,22,23)/t14-,15-,16-,17-,18-,19-/m0/s1/i16D. The molecule has 0 spiro atoms. The monoisotopic (exact) mass is 369 g/mol. The first-order valence-corrected chi connectivity index (χ1v) is 10.8. The zero-order valence-corrected chi connectivity index (χ0v) is 15.8. The Hall–Kier alpha value is -0.720. The second kappa shape index (κ2) is 5.64. The predicted molar refractivity (Wildman–Crippen MR) is 93.1 cm³/mol. The van der Waals surface area contributed by atoms with E-state index < -0.39 is 22.4 Å². The summed E-state index contributed by atoms with van der Waals surface area (Å²) in [7, 11) is -4.47. The van der Waals surface area contributed by atoms with Crippen molar-refractivity contribution >= 4 is 16.2 Å². The number of allylic oxidation sites excluding steroid dienone is 1. The molecule has 6 atom stereocenters. The van der Waals surface area contributed by atoms with Crippen LogP contribution < -0.4 is 0 Å². The van der Waals surface area contributed by atoms with Crippen molar-refractivity contribution in [3.8, 4) is 0 Å². The highest BCUT2D eigenvalue weighted by molar-refractivity contribution is 7.80. The van der Waals surface area contributed by atoms with Crippen molar-refractivity contribution in [1.82, 2.24) is 0 Å². The predicted octanol–water partition coefficient (Wildman–Crippen LogP) is 3.71. The van der Waals surface area contributed by atoms with Gasteiger partial charge >= 0.3 is 10.4 Å². The van der Waals surface area contributed by atoms with Crippen LogP contribution in [-0.2, 0) is 19.4 Å². The van der Waals surface area contributed by atoms with Gasteiger partial charge in [-0.15, -0.1) is 0 Å². The van der Waals surface area contributed by atoms with E-state index in [0.29, 0.717) is 25.7 Å². The average molecular weight is 370 g/mol. The number of ketones is 1. The van der Waals surface area contributed by atoms with E-state index in [9.17, 15) is 14.6 Å². The summed E-state index contributed by atoms with van der Waals surface area (Å²) in [6.45, 7) is 4.23. The summed E-state index contributed by atoms with van der Waals surface area (Å²) in [5.74, 6) is -0.0414. The Morgan fingerprint density at radius 2 is 1.96 bits per heavy atom. The van der Waals surface area contributed by atoms with Gasteiger partial charge in [0.2, 0.25) is 0 Å². The number of carbonyl (C=O) groups excluding carboxylic acids is 1. The van der Waals surface area contributed by atoms with Crippen LogP contribution in [0.2, 0.25) is 0 Å². The lowest BCUT2D eigenvalue weighted by atomic mass is 9.47. The van der Waals surface area contributed by atoms with E-state index in [1.54, 1.807) is 6.08 Å². The van der Waals surface area contributed by atoms with Crippen LogP contribution in [-0.4, -0.2) is 24.9 Å². The Morgan fingerprint density at radius 1 is 1.20 bits per heavy atom. The number of hydrogen-bond acceptors (Lipinski definition) is 4. The number of rotatable bonds is 2. The first kappa shape index (κ1) is 16.5. The fraction of sp³-hybridized carbons (Fsp3) is 0.842. The van der Waals surface area contributed by atoms with Crippen LogP contribution in [0.5, 0.6) is 0 Å². The van der Waals surface area contributed by atoms with Gasteiger partial charge in [-0.2, -0.15) is 8.42 Å². The lowest BCUT2D eigenvalue weighted by Crippen LogP contribution is -2.51. The van der Waals surface area contributed by atoms with Gasteiger partial charge in [-0.05, 0) is 79.6 Å². The second-order valence-electron chi connectivity index (χ2n) is 8.84. The maximum Gasteiger partial charge on any atom is 0.397 e. The minimum Gasteiger partial charge on any atom is -0.295 e. The van der Waals surface area contributed by atoms with Gasteiger partial charge in [0.15, 0.2) is 5.78 Å². The van der Waals surface area contributed by atoms with E-state index in [1.807, 2.05) is 0 Å². The highest BCUT2D eigenvalue weighted by Crippen LogP contribution is 2.65. The van der Waals surface area contributed by atoms with Crippen LogP contribution in [0.1, 0.15) is 66.6 Å². The van der Waals surface area contributed by atoms with Crippen LogP contribution in [0.15, 0.2) is 11.6 Å². The molecule has 3 fully saturated rings. The molecule has 3 saturated carbocycles. The Balaban J connectivity index is 1.68. The molecule has 4 aliphatic carbocycles. The van der Waals surface area contributed by atoms with Crippen molar-refractivity contribution in [2.45, 2.75) is 71.3 Å². The first-order chi connectivity index (χ1) is 12.0. The van der Waals surface area contributed by atoms with Gasteiger partial charge in [-0.25, -0.2) is 4.18 Å². The van der Waals surface area contributed by atoms with Crippen LogP contribution in [0.25, 0.3) is 0 Å². The van der Waals surface area contributed by atoms with Crippen LogP contribution in [0, 0.1) is 28.6 Å². The fourth-order valence-corrected chi connectivity index (χ4v) is 7.03. The Kier molecular flexibility index (Phi) is 3.71. The van der Waals surface area contributed by atoms with Gasteiger partial charge < -0.3 is 0 Å². The maximum absolute atomic E-state index is 11.9. The molecule has 0 aromatic rings. The smallest absolute Gasteiger partial charge is 0.295 e. The highest BCUT2D eigenvalue weighted by atomic mass is 32.3. The third kappa shape index (κ3) is 2.72. The Labute approximate surface area is 151 Å². The largest absolute Gasteiger partial charge is 0.397 e. The van der Waals surface area contributed by atoms with Gasteiger partial charge in [-0.1, -0.05) is 19.4 Å². The van der Waals surface area contributed by atoms with Crippen molar-refractivity contribution in [1.29, 1.82) is 0 Å². The van der Waals surface area contributed by atoms with Gasteiger partial charge in [0.05, 0.1) is 6.10 Å². The quantitative estimate of drug-likeness (QED) is 0.751. The average Bonchev–Trinajstić information content (AvgIpc) is 2.85. The molecule has 0 heterocycles. The summed E-state index contributed by atoms with van der Waals surface area (Å²) < 4.78 is 46.2. The third-order valence-electron chi connectivity index (χ3n) is 7.78. The molecule has 0 bridgehead atoms. The molecule has 6 heteroatoms. The molecule has 0 amide bonds. The summed E-state index contributed by atoms with van der Waals surface area (Å²) in [6.07, 6.45) is 7.10. The fourth-order valence-electron chi connectivity index (χ4n) is 6.42. The Bertz CT molecular complexity index is 777. The van der Waals surface area contributed by atoms with Crippen molar-refractivity contribution in [3.05, 3.63) is 11.6 Å². The van der Waals surface area contributed by atoms with Crippen molar-refractivity contribution in [2.24, 2.45) is 28.6 Å². The van der Waals surface area contributed by atoms with E-state index >= 15 is 0 Å². The molecule has 25 heavy (non-hydrogen) atoms.